The summed E-state index contributed by atoms with van der Waals surface area (Å²) < 4.78 is 6.24. The van der Waals surface area contributed by atoms with E-state index in [-0.39, 0.29) is 5.96 Å². The van der Waals surface area contributed by atoms with Gasteiger partial charge in [-0.25, -0.2) is 0 Å². The molecule has 0 saturated heterocycles. The summed E-state index contributed by atoms with van der Waals surface area (Å²) >= 11 is 3.40. The quantitative estimate of drug-likeness (QED) is 0.499. The predicted molar refractivity (Wildman–Crippen MR) is 68.7 cm³/mol. The average Bonchev–Trinajstić information content (AvgIpc) is 2.21. The van der Waals surface area contributed by atoms with Crippen LogP contribution < -0.4 is 16.2 Å². The minimum atomic E-state index is -0.0683. The van der Waals surface area contributed by atoms with Crippen LogP contribution in [0.25, 0.3) is 0 Å². The van der Waals surface area contributed by atoms with Gasteiger partial charge in [-0.1, -0.05) is 0 Å². The smallest absolute Gasteiger partial charge is 0.211 e. The Hall–Kier alpha value is -1.56. The first-order chi connectivity index (χ1) is 7.63. The second kappa shape index (κ2) is 6.12. The molecule has 0 aliphatic carbocycles. The van der Waals surface area contributed by atoms with Gasteiger partial charge < -0.3 is 16.2 Å². The molecule has 16 heavy (non-hydrogen) atoms. The number of rotatable bonds is 4. The van der Waals surface area contributed by atoms with Gasteiger partial charge in [-0.15, -0.1) is 5.10 Å². The molecular weight excluding hydrogens is 272 g/mol. The molecule has 0 aliphatic heterocycles. The van der Waals surface area contributed by atoms with Gasteiger partial charge in [-0.3, -0.25) is 0 Å². The zero-order valence-electron chi connectivity index (χ0n) is 8.85. The van der Waals surface area contributed by atoms with Crippen LogP contribution in [-0.2, 0) is 0 Å². The van der Waals surface area contributed by atoms with Crippen LogP contribution in [0.2, 0.25) is 0 Å². The Labute approximate surface area is 102 Å². The van der Waals surface area contributed by atoms with Crippen LogP contribution >= 0.6 is 15.9 Å². The maximum absolute atomic E-state index is 5.38. The van der Waals surface area contributed by atoms with Gasteiger partial charge in [-0.2, -0.15) is 5.10 Å². The van der Waals surface area contributed by atoms with Crippen LogP contribution in [0.4, 0.5) is 0 Å². The molecule has 0 radical (unpaired) electrons. The van der Waals surface area contributed by atoms with Crippen LogP contribution in [-0.4, -0.2) is 18.8 Å². The number of nitrogens with zero attached hydrogens (tertiary/aromatic N) is 2. The second-order valence-corrected chi connectivity index (χ2v) is 3.75. The van der Waals surface area contributed by atoms with E-state index >= 15 is 0 Å². The van der Waals surface area contributed by atoms with Gasteiger partial charge in [0.15, 0.2) is 0 Å². The van der Waals surface area contributed by atoms with Gasteiger partial charge >= 0.3 is 0 Å². The van der Waals surface area contributed by atoms with Crippen LogP contribution in [0.3, 0.4) is 0 Å². The molecule has 1 rings (SSSR count). The molecular formula is C10H13BrN4O. The summed E-state index contributed by atoms with van der Waals surface area (Å²) in [4.78, 5) is 0. The van der Waals surface area contributed by atoms with Gasteiger partial charge in [0.2, 0.25) is 5.96 Å². The van der Waals surface area contributed by atoms with Crippen molar-refractivity contribution >= 4 is 28.1 Å². The van der Waals surface area contributed by atoms with E-state index in [0.717, 1.165) is 15.8 Å². The molecule has 0 amide bonds. The SMILES string of the molecule is CCOc1ccc(/C=N\N=C(N)N)cc1Br. The molecule has 0 aliphatic rings. The minimum absolute atomic E-state index is 0.0683. The van der Waals surface area contributed by atoms with Gasteiger partial charge in [0.1, 0.15) is 5.75 Å². The molecule has 0 saturated carbocycles. The first-order valence-electron chi connectivity index (χ1n) is 4.67. The molecule has 1 aromatic carbocycles. The molecule has 1 aromatic rings. The number of benzene rings is 1. The molecule has 0 atom stereocenters. The molecule has 5 nitrogen and oxygen atoms in total. The van der Waals surface area contributed by atoms with Crippen LogP contribution in [0.15, 0.2) is 32.9 Å². The van der Waals surface area contributed by atoms with Crippen LogP contribution in [0.5, 0.6) is 5.75 Å². The molecule has 4 N–H and O–H groups in total. The highest BCUT2D eigenvalue weighted by Crippen LogP contribution is 2.25. The van der Waals surface area contributed by atoms with Crippen molar-refractivity contribution in [2.75, 3.05) is 6.61 Å². The molecule has 0 fully saturated rings. The van der Waals surface area contributed by atoms with Gasteiger partial charge in [0.05, 0.1) is 17.3 Å². The Morgan fingerprint density at radius 1 is 1.50 bits per heavy atom. The summed E-state index contributed by atoms with van der Waals surface area (Å²) in [7, 11) is 0. The third-order valence-corrected chi connectivity index (χ3v) is 2.26. The highest BCUT2D eigenvalue weighted by Gasteiger charge is 2.00. The van der Waals surface area contributed by atoms with Crippen molar-refractivity contribution in [3.63, 3.8) is 0 Å². The topological polar surface area (TPSA) is 86.0 Å². The number of guanidine groups is 1. The summed E-state index contributed by atoms with van der Waals surface area (Å²) in [6, 6.07) is 5.59. The fourth-order valence-corrected chi connectivity index (χ4v) is 1.54. The fourth-order valence-electron chi connectivity index (χ4n) is 1.03. The lowest BCUT2D eigenvalue weighted by Crippen LogP contribution is -2.21. The van der Waals surface area contributed by atoms with Gasteiger partial charge in [0, 0.05) is 0 Å². The van der Waals surface area contributed by atoms with E-state index in [2.05, 4.69) is 26.1 Å². The van der Waals surface area contributed by atoms with E-state index in [1.165, 1.54) is 0 Å². The van der Waals surface area contributed by atoms with E-state index in [1.807, 2.05) is 25.1 Å². The van der Waals surface area contributed by atoms with Gasteiger partial charge in [-0.05, 0) is 46.6 Å². The summed E-state index contributed by atoms with van der Waals surface area (Å²) in [6.07, 6.45) is 1.56. The largest absolute Gasteiger partial charge is 0.493 e. The molecule has 86 valence electrons. The lowest BCUT2D eigenvalue weighted by Gasteiger charge is -2.05. The summed E-state index contributed by atoms with van der Waals surface area (Å²) in [5.74, 6) is 0.725. The average molecular weight is 285 g/mol. The van der Waals surface area contributed by atoms with Crippen molar-refractivity contribution in [1.82, 2.24) is 0 Å². The van der Waals surface area contributed by atoms with Crippen LogP contribution in [0.1, 0.15) is 12.5 Å². The summed E-state index contributed by atoms with van der Waals surface area (Å²) in [5, 5.41) is 7.21. The number of halogens is 1. The standard InChI is InChI=1S/C10H13BrN4O/c1-2-16-9-4-3-7(5-8(9)11)6-14-15-10(12)13/h3-6H,2H2,1H3,(H4,12,13,15)/b14-6-. The number of hydrogen-bond donors (Lipinski definition) is 2. The van der Waals surface area contributed by atoms with E-state index in [4.69, 9.17) is 16.2 Å². The van der Waals surface area contributed by atoms with E-state index in [0.29, 0.717) is 6.61 Å². The predicted octanol–water partition coefficient (Wildman–Crippen LogP) is 1.46. The highest BCUT2D eigenvalue weighted by atomic mass is 79.9. The summed E-state index contributed by atoms with van der Waals surface area (Å²) in [5.41, 5.74) is 11.1. The lowest BCUT2D eigenvalue weighted by atomic mass is 10.2. The monoisotopic (exact) mass is 284 g/mol. The van der Waals surface area contributed by atoms with Crippen molar-refractivity contribution in [2.45, 2.75) is 6.92 Å². The lowest BCUT2D eigenvalue weighted by molar-refractivity contribution is 0.338. The maximum Gasteiger partial charge on any atom is 0.211 e. The van der Waals surface area contributed by atoms with Crippen molar-refractivity contribution in [1.29, 1.82) is 0 Å². The van der Waals surface area contributed by atoms with E-state index in [1.54, 1.807) is 6.21 Å². The Morgan fingerprint density at radius 3 is 2.81 bits per heavy atom. The first kappa shape index (κ1) is 12.5. The number of hydrogen-bond acceptors (Lipinski definition) is 3. The molecule has 0 bridgehead atoms. The van der Waals surface area contributed by atoms with Crippen molar-refractivity contribution < 1.29 is 4.74 Å². The van der Waals surface area contributed by atoms with Gasteiger partial charge in [0.25, 0.3) is 0 Å². The van der Waals surface area contributed by atoms with Crippen molar-refractivity contribution in [3.05, 3.63) is 28.2 Å². The molecule has 0 unspecified atom stereocenters. The molecule has 0 spiro atoms. The Bertz CT molecular complexity index is 413. The molecule has 0 heterocycles. The normalized spacial score (nSPS) is 10.4. The first-order valence-corrected chi connectivity index (χ1v) is 5.47. The summed E-state index contributed by atoms with van der Waals surface area (Å²) in [6.45, 7) is 2.56. The third kappa shape index (κ3) is 3.90. The van der Waals surface area contributed by atoms with Crippen LogP contribution in [0, 0.1) is 0 Å². The molecule has 0 aromatic heterocycles. The zero-order chi connectivity index (χ0) is 12.0. The van der Waals surface area contributed by atoms with Crippen molar-refractivity contribution in [3.8, 4) is 5.75 Å². The highest BCUT2D eigenvalue weighted by molar-refractivity contribution is 9.10. The number of nitrogens with two attached hydrogens (primary N) is 2. The maximum atomic E-state index is 5.38. The minimum Gasteiger partial charge on any atom is -0.493 e. The zero-order valence-corrected chi connectivity index (χ0v) is 10.4. The fraction of sp³-hybridized carbons (Fsp3) is 0.200. The molecule has 6 heteroatoms. The van der Waals surface area contributed by atoms with E-state index < -0.39 is 0 Å². The number of ether oxygens (including phenoxy) is 1. The van der Waals surface area contributed by atoms with E-state index in [9.17, 15) is 0 Å². The second-order valence-electron chi connectivity index (χ2n) is 2.89. The van der Waals surface area contributed by atoms with Crippen molar-refractivity contribution in [2.24, 2.45) is 21.7 Å². The Morgan fingerprint density at radius 2 is 2.25 bits per heavy atom. The third-order valence-electron chi connectivity index (χ3n) is 1.64. The Kier molecular flexibility index (Phi) is 4.78. The Balaban J connectivity index is 2.81.